The van der Waals surface area contributed by atoms with Gasteiger partial charge in [-0.15, -0.1) is 11.3 Å². The van der Waals surface area contributed by atoms with E-state index >= 15 is 0 Å². The summed E-state index contributed by atoms with van der Waals surface area (Å²) in [6.45, 7) is 0. The van der Waals surface area contributed by atoms with E-state index in [-0.39, 0.29) is 0 Å². The Morgan fingerprint density at radius 2 is 0.781 bits per heavy atom. The van der Waals surface area contributed by atoms with Crippen LogP contribution in [-0.2, 0) is 0 Å². The lowest BCUT2D eigenvalue weighted by Crippen LogP contribution is -1.94. The molecule has 14 aromatic rings. The molecule has 14 rings (SSSR count). The van der Waals surface area contributed by atoms with Crippen molar-refractivity contribution in [1.29, 1.82) is 0 Å². The van der Waals surface area contributed by atoms with E-state index < -0.39 is 0 Å². The van der Waals surface area contributed by atoms with Crippen LogP contribution in [0.3, 0.4) is 0 Å². The van der Waals surface area contributed by atoms with E-state index in [1.165, 1.54) is 86.0 Å². The number of rotatable bonds is 5. The lowest BCUT2D eigenvalue weighted by molar-refractivity contribution is 0.670. The highest BCUT2D eigenvalue weighted by atomic mass is 32.1. The van der Waals surface area contributed by atoms with Gasteiger partial charge in [0.15, 0.2) is 0 Å². The molecule has 0 unspecified atom stereocenters. The van der Waals surface area contributed by atoms with Crippen LogP contribution in [0.4, 0.5) is 0 Å². The minimum absolute atomic E-state index is 0.914. The minimum atomic E-state index is 0.914. The fraction of sp³-hybridized carbons (Fsp3) is 0. The maximum absolute atomic E-state index is 6.40. The van der Waals surface area contributed by atoms with Crippen molar-refractivity contribution in [2.75, 3.05) is 0 Å². The highest BCUT2D eigenvalue weighted by Crippen LogP contribution is 2.42. The lowest BCUT2D eigenvalue weighted by Gasteiger charge is -2.11. The van der Waals surface area contributed by atoms with Crippen LogP contribution in [-0.4, -0.2) is 9.13 Å². The number of hydrogen-bond acceptors (Lipinski definition) is 2. The number of fused-ring (bicyclic) bond motifs is 12. The summed E-state index contributed by atoms with van der Waals surface area (Å²) < 4.78 is 13.9. The van der Waals surface area contributed by atoms with Crippen molar-refractivity contribution in [3.8, 4) is 44.8 Å². The molecular formula is C60H36N2OS. The highest BCUT2D eigenvalue weighted by Gasteiger charge is 2.18. The first kappa shape index (κ1) is 35.4. The van der Waals surface area contributed by atoms with Gasteiger partial charge in [0, 0.05) is 69.4 Å². The average Bonchev–Trinajstić information content (AvgIpc) is 4.12. The molecule has 64 heavy (non-hydrogen) atoms. The molecule has 0 spiro atoms. The number of thiophene rings is 1. The summed E-state index contributed by atoms with van der Waals surface area (Å²) in [5.41, 5.74) is 16.0. The molecule has 4 heterocycles. The maximum Gasteiger partial charge on any atom is 0.143 e. The summed E-state index contributed by atoms with van der Waals surface area (Å²) in [4.78, 5) is 0. The topological polar surface area (TPSA) is 23.0 Å². The summed E-state index contributed by atoms with van der Waals surface area (Å²) in [5, 5.41) is 9.90. The summed E-state index contributed by atoms with van der Waals surface area (Å²) in [5.74, 6) is 0. The van der Waals surface area contributed by atoms with E-state index in [0.717, 1.165) is 44.4 Å². The number of nitrogens with zero attached hydrogens (tertiary/aromatic N) is 2. The number of furan rings is 1. The molecule has 0 bridgehead atoms. The first-order valence-corrected chi connectivity index (χ1v) is 22.6. The first-order chi connectivity index (χ1) is 31.7. The second kappa shape index (κ2) is 13.7. The molecule has 0 saturated carbocycles. The Kier molecular flexibility index (Phi) is 7.56. The van der Waals surface area contributed by atoms with Crippen LogP contribution in [0.5, 0.6) is 0 Å². The van der Waals surface area contributed by atoms with Gasteiger partial charge in [-0.3, -0.25) is 0 Å². The SMILES string of the molecule is c1ccc2c(c1)oc1c(-c3ccc(-n4c5ccccc5c5cc(-c6ccc7c(c6)c6ccccc6n7-c6ccc(-c7cccc8c7sc7ccccc78)cc6)ccc54)cc3)cccc12. The standard InChI is InChI=1S/C60H36N2OS/c1-5-19-53-45(11-1)51-35-39(27-33-55(51)61(53)41-29-23-37(24-30-41)43-15-9-17-49-47-13-3-7-21-57(47)63-59(43)49)40-28-34-56-52(36-40)46-12-2-6-20-54(46)62(56)42-31-25-38(26-32-42)44-16-10-18-50-48-14-4-8-22-58(48)64-60(44)50/h1-36H. The number of benzene rings is 10. The van der Waals surface area contributed by atoms with Crippen molar-refractivity contribution in [3.63, 3.8) is 0 Å². The van der Waals surface area contributed by atoms with E-state index in [2.05, 4.69) is 215 Å². The van der Waals surface area contributed by atoms with E-state index in [9.17, 15) is 0 Å². The fourth-order valence-electron chi connectivity index (χ4n) is 10.4. The Morgan fingerprint density at radius 1 is 0.312 bits per heavy atom. The molecule has 0 radical (unpaired) electrons. The van der Waals surface area contributed by atoms with Crippen LogP contribution in [0.2, 0.25) is 0 Å². The molecule has 3 nitrogen and oxygen atoms in total. The monoisotopic (exact) mass is 832 g/mol. The van der Waals surface area contributed by atoms with Gasteiger partial charge in [-0.2, -0.15) is 0 Å². The third-order valence-corrected chi connectivity index (χ3v) is 14.6. The normalized spacial score (nSPS) is 12.1. The number of hydrogen-bond donors (Lipinski definition) is 0. The average molecular weight is 833 g/mol. The van der Waals surface area contributed by atoms with Gasteiger partial charge < -0.3 is 13.6 Å². The Bertz CT molecular complexity index is 3910. The third-order valence-electron chi connectivity index (χ3n) is 13.4. The minimum Gasteiger partial charge on any atom is -0.455 e. The van der Waals surface area contributed by atoms with Gasteiger partial charge in [-0.25, -0.2) is 0 Å². The molecule has 4 aromatic heterocycles. The van der Waals surface area contributed by atoms with Crippen LogP contribution >= 0.6 is 11.3 Å². The Labute approximate surface area is 371 Å². The van der Waals surface area contributed by atoms with Crippen molar-refractivity contribution < 1.29 is 4.42 Å². The molecule has 0 saturated heterocycles. The second-order valence-corrected chi connectivity index (χ2v) is 17.9. The van der Waals surface area contributed by atoms with Crippen molar-refractivity contribution in [2.45, 2.75) is 0 Å². The molecule has 0 N–H and O–H groups in total. The van der Waals surface area contributed by atoms with Gasteiger partial charge in [0.05, 0.1) is 22.1 Å². The molecule has 0 fully saturated rings. The predicted molar refractivity (Wildman–Crippen MR) is 272 cm³/mol. The zero-order chi connectivity index (χ0) is 41.9. The molecule has 10 aromatic carbocycles. The van der Waals surface area contributed by atoms with Crippen LogP contribution < -0.4 is 0 Å². The first-order valence-electron chi connectivity index (χ1n) is 21.8. The van der Waals surface area contributed by atoms with E-state index in [0.29, 0.717) is 0 Å². The van der Waals surface area contributed by atoms with Crippen LogP contribution in [0.1, 0.15) is 0 Å². The molecule has 0 amide bonds. The van der Waals surface area contributed by atoms with E-state index in [1.54, 1.807) is 0 Å². The fourth-order valence-corrected chi connectivity index (χ4v) is 11.6. The molecule has 0 aliphatic heterocycles. The van der Waals surface area contributed by atoms with Gasteiger partial charge in [0.2, 0.25) is 0 Å². The molecule has 0 aliphatic carbocycles. The van der Waals surface area contributed by atoms with Crippen molar-refractivity contribution in [1.82, 2.24) is 9.13 Å². The lowest BCUT2D eigenvalue weighted by atomic mass is 10.0. The highest BCUT2D eigenvalue weighted by molar-refractivity contribution is 7.26. The molecular weight excluding hydrogens is 797 g/mol. The third kappa shape index (κ3) is 5.21. The molecule has 298 valence electrons. The quantitative estimate of drug-likeness (QED) is 0.169. The Morgan fingerprint density at radius 3 is 1.42 bits per heavy atom. The van der Waals surface area contributed by atoms with Gasteiger partial charge in [0.25, 0.3) is 0 Å². The van der Waals surface area contributed by atoms with Crippen LogP contribution in [0.25, 0.3) is 130 Å². The smallest absolute Gasteiger partial charge is 0.143 e. The largest absolute Gasteiger partial charge is 0.455 e. The summed E-state index contributed by atoms with van der Waals surface area (Å²) in [7, 11) is 0. The molecule has 0 atom stereocenters. The number of aromatic nitrogens is 2. The van der Waals surface area contributed by atoms with Crippen molar-refractivity contribution in [3.05, 3.63) is 218 Å². The summed E-state index contributed by atoms with van der Waals surface area (Å²) in [6.07, 6.45) is 0. The van der Waals surface area contributed by atoms with Gasteiger partial charge in [0.1, 0.15) is 11.2 Å². The van der Waals surface area contributed by atoms with E-state index in [4.69, 9.17) is 4.42 Å². The second-order valence-electron chi connectivity index (χ2n) is 16.8. The zero-order valence-corrected chi connectivity index (χ0v) is 35.3. The van der Waals surface area contributed by atoms with Crippen molar-refractivity contribution in [2.24, 2.45) is 0 Å². The number of para-hydroxylation sites is 4. The predicted octanol–water partition coefficient (Wildman–Crippen LogP) is 17.1. The molecule has 4 heteroatoms. The summed E-state index contributed by atoms with van der Waals surface area (Å²) in [6, 6.07) is 79.7. The van der Waals surface area contributed by atoms with Gasteiger partial charge >= 0.3 is 0 Å². The van der Waals surface area contributed by atoms with Crippen molar-refractivity contribution >= 4 is 97.1 Å². The van der Waals surface area contributed by atoms with Gasteiger partial charge in [-0.1, -0.05) is 146 Å². The Hall–Kier alpha value is -8.18. The van der Waals surface area contributed by atoms with Gasteiger partial charge in [-0.05, 0) is 101 Å². The van der Waals surface area contributed by atoms with Crippen LogP contribution in [0.15, 0.2) is 223 Å². The van der Waals surface area contributed by atoms with E-state index in [1.807, 2.05) is 23.5 Å². The zero-order valence-electron chi connectivity index (χ0n) is 34.5. The Balaban J connectivity index is 0.843. The summed E-state index contributed by atoms with van der Waals surface area (Å²) >= 11 is 1.88. The molecule has 0 aliphatic rings. The maximum atomic E-state index is 6.40. The van der Waals surface area contributed by atoms with Crippen LogP contribution in [0, 0.1) is 0 Å².